The molecule has 0 spiro atoms. The van der Waals surface area contributed by atoms with Crippen molar-refractivity contribution in [2.45, 2.75) is 50.6 Å². The average molecular weight is 449 g/mol. The molecule has 1 aliphatic rings. The number of amides is 2. The molecule has 0 fully saturated rings. The third kappa shape index (κ3) is 5.02. The second kappa shape index (κ2) is 9.18. The van der Waals surface area contributed by atoms with Crippen molar-refractivity contribution in [2.75, 3.05) is 10.7 Å². The lowest BCUT2D eigenvalue weighted by atomic mass is 10.1. The average Bonchev–Trinajstić information content (AvgIpc) is 3.06. The van der Waals surface area contributed by atoms with E-state index in [1.807, 2.05) is 13.8 Å². The van der Waals surface area contributed by atoms with Gasteiger partial charge < -0.3 is 10.2 Å². The summed E-state index contributed by atoms with van der Waals surface area (Å²) in [5.41, 5.74) is 2.50. The van der Waals surface area contributed by atoms with Gasteiger partial charge in [0.15, 0.2) is 9.84 Å². The van der Waals surface area contributed by atoms with Crippen LogP contribution >= 0.6 is 11.6 Å². The maximum absolute atomic E-state index is 12.7. The lowest BCUT2D eigenvalue weighted by molar-refractivity contribution is -0.121. The predicted molar refractivity (Wildman–Crippen MR) is 117 cm³/mol. The van der Waals surface area contributed by atoms with E-state index in [0.29, 0.717) is 24.4 Å². The Morgan fingerprint density at radius 2 is 1.87 bits per heavy atom. The first kappa shape index (κ1) is 22.3. The molecule has 2 amide bonds. The molecule has 0 aliphatic carbocycles. The Morgan fingerprint density at radius 1 is 1.17 bits per heavy atom. The van der Waals surface area contributed by atoms with Gasteiger partial charge in [-0.15, -0.1) is 0 Å². The molecule has 0 saturated carbocycles. The maximum atomic E-state index is 12.7. The molecular formula is C22H25ClN2O4S. The molecule has 3 rings (SSSR count). The van der Waals surface area contributed by atoms with Crippen LogP contribution in [0.15, 0.2) is 47.4 Å². The molecule has 6 nitrogen and oxygen atoms in total. The van der Waals surface area contributed by atoms with Crippen LogP contribution in [0.4, 0.5) is 5.69 Å². The fraction of sp³-hybridized carbons (Fsp3) is 0.364. The molecule has 30 heavy (non-hydrogen) atoms. The second-order valence-electron chi connectivity index (χ2n) is 7.43. The van der Waals surface area contributed by atoms with Gasteiger partial charge in [0.05, 0.1) is 10.6 Å². The van der Waals surface area contributed by atoms with E-state index < -0.39 is 9.84 Å². The number of nitrogens with zero attached hydrogens (tertiary/aromatic N) is 1. The first-order valence-corrected chi connectivity index (χ1v) is 11.9. The van der Waals surface area contributed by atoms with E-state index in [1.54, 1.807) is 41.3 Å². The number of sulfone groups is 1. The van der Waals surface area contributed by atoms with Crippen molar-refractivity contribution in [1.82, 2.24) is 5.32 Å². The summed E-state index contributed by atoms with van der Waals surface area (Å²) in [4.78, 5) is 26.2. The van der Waals surface area contributed by atoms with E-state index in [4.69, 9.17) is 11.6 Å². The third-order valence-electron chi connectivity index (χ3n) is 5.20. The summed E-state index contributed by atoms with van der Waals surface area (Å²) in [5.74, 6) is -0.581. The lowest BCUT2D eigenvalue weighted by Crippen LogP contribution is -2.35. The molecule has 2 aromatic carbocycles. The minimum Gasteiger partial charge on any atom is -0.352 e. The van der Waals surface area contributed by atoms with Crippen LogP contribution in [-0.4, -0.2) is 32.0 Å². The van der Waals surface area contributed by atoms with Gasteiger partial charge in [0.1, 0.15) is 0 Å². The van der Waals surface area contributed by atoms with E-state index in [0.717, 1.165) is 16.8 Å². The number of carbonyl (C=O) groups is 2. The van der Waals surface area contributed by atoms with Crippen molar-refractivity contribution < 1.29 is 18.0 Å². The van der Waals surface area contributed by atoms with E-state index in [2.05, 4.69) is 5.32 Å². The summed E-state index contributed by atoms with van der Waals surface area (Å²) in [6.45, 7) is 4.07. The monoisotopic (exact) mass is 448 g/mol. The van der Waals surface area contributed by atoms with Crippen LogP contribution < -0.4 is 10.2 Å². The van der Waals surface area contributed by atoms with Gasteiger partial charge >= 0.3 is 0 Å². The van der Waals surface area contributed by atoms with Crippen LogP contribution in [0.3, 0.4) is 0 Å². The van der Waals surface area contributed by atoms with Gasteiger partial charge in [-0.2, -0.15) is 0 Å². The molecule has 1 heterocycles. The first-order chi connectivity index (χ1) is 14.2. The highest BCUT2D eigenvalue weighted by Gasteiger charge is 2.31. The van der Waals surface area contributed by atoms with E-state index in [1.165, 1.54) is 6.07 Å². The number of hydrogen-bond donors (Lipinski definition) is 1. The summed E-state index contributed by atoms with van der Waals surface area (Å²) >= 11 is 5.83. The highest BCUT2D eigenvalue weighted by atomic mass is 35.5. The molecule has 1 aliphatic heterocycles. The van der Waals surface area contributed by atoms with Crippen molar-refractivity contribution in [3.63, 3.8) is 0 Å². The number of benzene rings is 2. The number of halogens is 1. The molecule has 1 N–H and O–H groups in total. The standard InChI is InChI=1S/C22H25ClN2O4S/c1-3-22(27)25-15(2)12-17-13-19(8-9-20(17)25)30(28,29)11-10-21(26)24-14-16-4-6-18(23)7-5-16/h4-9,13,15H,3,10-12,14H2,1-2H3,(H,24,26). The van der Waals surface area contributed by atoms with Crippen LogP contribution in [0.5, 0.6) is 0 Å². The van der Waals surface area contributed by atoms with Gasteiger partial charge in [0.2, 0.25) is 11.8 Å². The molecule has 1 atom stereocenters. The number of nitrogens with one attached hydrogen (secondary N) is 1. The molecule has 8 heteroatoms. The quantitative estimate of drug-likeness (QED) is 0.702. The second-order valence-corrected chi connectivity index (χ2v) is 9.98. The Labute approximate surface area is 182 Å². The summed E-state index contributed by atoms with van der Waals surface area (Å²) in [6.07, 6.45) is 0.894. The summed E-state index contributed by atoms with van der Waals surface area (Å²) in [7, 11) is -3.61. The number of carbonyl (C=O) groups excluding carboxylic acids is 2. The predicted octanol–water partition coefficient (Wildman–Crippen LogP) is 3.51. The van der Waals surface area contributed by atoms with Crippen molar-refractivity contribution in [3.05, 3.63) is 58.6 Å². The minimum atomic E-state index is -3.61. The maximum Gasteiger partial charge on any atom is 0.226 e. The summed E-state index contributed by atoms with van der Waals surface area (Å²) < 4.78 is 25.5. The van der Waals surface area contributed by atoms with Crippen LogP contribution in [0.1, 0.15) is 37.8 Å². The van der Waals surface area contributed by atoms with Crippen LogP contribution in [0.25, 0.3) is 0 Å². The molecule has 160 valence electrons. The zero-order valence-corrected chi connectivity index (χ0v) is 18.6. The van der Waals surface area contributed by atoms with Crippen molar-refractivity contribution in [1.29, 1.82) is 0 Å². The molecular weight excluding hydrogens is 424 g/mol. The minimum absolute atomic E-state index is 0.00375. The van der Waals surface area contributed by atoms with Gasteiger partial charge in [-0.3, -0.25) is 9.59 Å². The number of anilines is 1. The third-order valence-corrected chi connectivity index (χ3v) is 7.16. The largest absolute Gasteiger partial charge is 0.352 e. The Kier molecular flexibility index (Phi) is 6.83. The molecule has 0 radical (unpaired) electrons. The Morgan fingerprint density at radius 3 is 2.53 bits per heavy atom. The molecule has 0 saturated heterocycles. The van der Waals surface area contributed by atoms with Crippen LogP contribution in [0, 0.1) is 0 Å². The molecule has 0 aromatic heterocycles. The van der Waals surface area contributed by atoms with Gasteiger partial charge in [0.25, 0.3) is 0 Å². The number of hydrogen-bond acceptors (Lipinski definition) is 4. The van der Waals surface area contributed by atoms with E-state index in [-0.39, 0.29) is 34.9 Å². The van der Waals surface area contributed by atoms with Crippen molar-refractivity contribution in [3.8, 4) is 0 Å². The fourth-order valence-electron chi connectivity index (χ4n) is 3.59. The zero-order valence-electron chi connectivity index (χ0n) is 17.0. The highest BCUT2D eigenvalue weighted by molar-refractivity contribution is 7.91. The van der Waals surface area contributed by atoms with Crippen molar-refractivity contribution >= 4 is 38.9 Å². The number of rotatable bonds is 7. The smallest absolute Gasteiger partial charge is 0.226 e. The number of fused-ring (bicyclic) bond motifs is 1. The first-order valence-electron chi connectivity index (χ1n) is 9.90. The van der Waals surface area contributed by atoms with E-state index >= 15 is 0 Å². The molecule has 1 unspecified atom stereocenters. The fourth-order valence-corrected chi connectivity index (χ4v) is 5.00. The summed E-state index contributed by atoms with van der Waals surface area (Å²) in [6, 6.07) is 11.9. The van der Waals surface area contributed by atoms with Gasteiger partial charge in [0, 0.05) is 36.1 Å². The SMILES string of the molecule is CCC(=O)N1c2ccc(S(=O)(=O)CCC(=O)NCc3ccc(Cl)cc3)cc2CC1C. The van der Waals surface area contributed by atoms with Gasteiger partial charge in [-0.05, 0) is 54.8 Å². The van der Waals surface area contributed by atoms with Crippen LogP contribution in [-0.2, 0) is 32.4 Å². The Balaban J connectivity index is 1.62. The van der Waals surface area contributed by atoms with Gasteiger partial charge in [-0.1, -0.05) is 30.7 Å². The Hall–Kier alpha value is -2.38. The highest BCUT2D eigenvalue weighted by Crippen LogP contribution is 2.34. The molecule has 0 bridgehead atoms. The topological polar surface area (TPSA) is 83.6 Å². The zero-order chi connectivity index (χ0) is 21.9. The summed E-state index contributed by atoms with van der Waals surface area (Å²) in [5, 5.41) is 3.34. The molecule has 2 aromatic rings. The normalized spacial score (nSPS) is 15.7. The van der Waals surface area contributed by atoms with Crippen molar-refractivity contribution in [2.24, 2.45) is 0 Å². The van der Waals surface area contributed by atoms with Gasteiger partial charge in [-0.25, -0.2) is 8.42 Å². The Bertz CT molecular complexity index is 1050. The van der Waals surface area contributed by atoms with E-state index in [9.17, 15) is 18.0 Å². The lowest BCUT2D eigenvalue weighted by Gasteiger charge is -2.22. The van der Waals surface area contributed by atoms with Crippen LogP contribution in [0.2, 0.25) is 5.02 Å².